The molecule has 7 heteroatoms. The molecule has 1 aliphatic rings. The number of aromatic nitrogens is 2. The highest BCUT2D eigenvalue weighted by molar-refractivity contribution is 5.95. The van der Waals surface area contributed by atoms with Crippen molar-refractivity contribution in [3.63, 3.8) is 0 Å². The van der Waals surface area contributed by atoms with Gasteiger partial charge in [0.15, 0.2) is 11.6 Å². The lowest BCUT2D eigenvalue weighted by molar-refractivity contribution is -0.133. The van der Waals surface area contributed by atoms with Gasteiger partial charge >= 0.3 is 0 Å². The number of hydrogen-bond donors (Lipinski definition) is 2. The molecule has 144 valence electrons. The third-order valence-electron chi connectivity index (χ3n) is 5.66. The van der Waals surface area contributed by atoms with Gasteiger partial charge in [0.2, 0.25) is 0 Å². The van der Waals surface area contributed by atoms with Gasteiger partial charge in [0.25, 0.3) is 5.91 Å². The van der Waals surface area contributed by atoms with Crippen molar-refractivity contribution in [2.45, 2.75) is 25.2 Å². The van der Waals surface area contributed by atoms with Crippen LogP contribution in [0.1, 0.15) is 29.5 Å². The first-order chi connectivity index (χ1) is 13.4. The molecular weight excluding hydrogens is 364 g/mol. The van der Waals surface area contributed by atoms with Gasteiger partial charge in [-0.15, -0.1) is 0 Å². The molecule has 0 fully saturated rings. The van der Waals surface area contributed by atoms with Crippen molar-refractivity contribution in [3.8, 4) is 0 Å². The van der Waals surface area contributed by atoms with Crippen molar-refractivity contribution in [2.24, 2.45) is 7.05 Å². The molecule has 0 radical (unpaired) electrons. The van der Waals surface area contributed by atoms with Gasteiger partial charge in [-0.2, -0.15) is 5.10 Å². The van der Waals surface area contributed by atoms with Gasteiger partial charge < -0.3 is 0 Å². The van der Waals surface area contributed by atoms with Crippen LogP contribution < -0.4 is 5.48 Å². The highest BCUT2D eigenvalue weighted by atomic mass is 19.2. The van der Waals surface area contributed by atoms with Gasteiger partial charge in [-0.25, -0.2) is 14.3 Å². The highest BCUT2D eigenvalue weighted by Crippen LogP contribution is 2.45. The molecule has 3 aromatic rings. The summed E-state index contributed by atoms with van der Waals surface area (Å²) in [6.07, 6.45) is 4.41. The fourth-order valence-electron chi connectivity index (χ4n) is 4.09. The molecule has 0 saturated carbocycles. The summed E-state index contributed by atoms with van der Waals surface area (Å²) in [6, 6.07) is 8.30. The first-order valence-corrected chi connectivity index (χ1v) is 8.91. The maximum Gasteiger partial charge on any atom is 0.257 e. The SMILES string of the molecule is Cc1c([C@@]2(C(=O)NO)C=C(c3ccc4cnn(C)c4c3)CC2)ccc(F)c1F. The summed E-state index contributed by atoms with van der Waals surface area (Å²) < 4.78 is 29.6. The van der Waals surface area contributed by atoms with Crippen LogP contribution in [-0.4, -0.2) is 20.9 Å². The first-order valence-electron chi connectivity index (χ1n) is 8.91. The third-order valence-corrected chi connectivity index (χ3v) is 5.66. The Morgan fingerprint density at radius 1 is 1.29 bits per heavy atom. The van der Waals surface area contributed by atoms with Crippen molar-refractivity contribution in [3.05, 3.63) is 70.9 Å². The highest BCUT2D eigenvalue weighted by Gasteiger charge is 2.43. The summed E-state index contributed by atoms with van der Waals surface area (Å²) in [5, 5.41) is 14.6. The van der Waals surface area contributed by atoms with E-state index in [1.54, 1.807) is 22.4 Å². The van der Waals surface area contributed by atoms with Gasteiger partial charge in [0, 0.05) is 12.4 Å². The normalized spacial score (nSPS) is 19.1. The predicted molar refractivity (Wildman–Crippen MR) is 101 cm³/mol. The number of hydroxylamine groups is 1. The van der Waals surface area contributed by atoms with E-state index < -0.39 is 23.0 Å². The molecule has 0 aliphatic heterocycles. The summed E-state index contributed by atoms with van der Waals surface area (Å²) in [4.78, 5) is 12.7. The van der Waals surface area contributed by atoms with E-state index in [1.165, 1.54) is 13.0 Å². The molecule has 2 N–H and O–H groups in total. The third kappa shape index (κ3) is 2.62. The molecule has 0 spiro atoms. The van der Waals surface area contributed by atoms with Crippen molar-refractivity contribution in [1.29, 1.82) is 0 Å². The number of fused-ring (bicyclic) bond motifs is 1. The summed E-state index contributed by atoms with van der Waals surface area (Å²) in [5.74, 6) is -2.62. The number of rotatable bonds is 3. The molecule has 0 unspecified atom stereocenters. The first kappa shape index (κ1) is 18.3. The maximum atomic E-state index is 14.2. The number of benzene rings is 2. The lowest BCUT2D eigenvalue weighted by Gasteiger charge is -2.27. The van der Waals surface area contributed by atoms with Crippen LogP contribution in [0.2, 0.25) is 0 Å². The molecule has 4 rings (SSSR count). The molecule has 0 bridgehead atoms. The van der Waals surface area contributed by atoms with Crippen molar-refractivity contribution in [1.82, 2.24) is 15.3 Å². The van der Waals surface area contributed by atoms with E-state index >= 15 is 0 Å². The molecule has 1 heterocycles. The number of nitrogens with one attached hydrogen (secondary N) is 1. The van der Waals surface area contributed by atoms with E-state index in [2.05, 4.69) is 5.10 Å². The molecule has 5 nitrogen and oxygen atoms in total. The Hall–Kier alpha value is -3.06. The largest absolute Gasteiger partial charge is 0.289 e. The minimum atomic E-state index is -1.27. The number of hydrogen-bond acceptors (Lipinski definition) is 3. The zero-order chi connectivity index (χ0) is 20.1. The maximum absolute atomic E-state index is 14.2. The van der Waals surface area contributed by atoms with Crippen LogP contribution in [0.25, 0.3) is 16.5 Å². The van der Waals surface area contributed by atoms with Gasteiger partial charge in [-0.05, 0) is 54.2 Å². The number of carbonyl (C=O) groups is 1. The van der Waals surface area contributed by atoms with Crippen LogP contribution in [0.4, 0.5) is 8.78 Å². The lowest BCUT2D eigenvalue weighted by Crippen LogP contribution is -2.41. The number of nitrogens with zero attached hydrogens (tertiary/aromatic N) is 2. The Kier molecular flexibility index (Phi) is 4.27. The molecule has 1 aliphatic carbocycles. The van der Waals surface area contributed by atoms with Crippen molar-refractivity contribution in [2.75, 3.05) is 0 Å². The smallest absolute Gasteiger partial charge is 0.257 e. The summed E-state index contributed by atoms with van der Waals surface area (Å²) in [7, 11) is 1.85. The van der Waals surface area contributed by atoms with E-state index in [0.717, 1.165) is 28.1 Å². The second-order valence-corrected chi connectivity index (χ2v) is 7.16. The zero-order valence-electron chi connectivity index (χ0n) is 15.5. The van der Waals surface area contributed by atoms with Crippen LogP contribution >= 0.6 is 0 Å². The number of carbonyl (C=O) groups excluding carboxylic acids is 1. The van der Waals surface area contributed by atoms with E-state index in [0.29, 0.717) is 18.4 Å². The molecule has 1 atom stereocenters. The average Bonchev–Trinajstić information content (AvgIpc) is 3.30. The van der Waals surface area contributed by atoms with Crippen LogP contribution in [0.5, 0.6) is 0 Å². The van der Waals surface area contributed by atoms with Crippen LogP contribution in [0.3, 0.4) is 0 Å². The summed E-state index contributed by atoms with van der Waals surface area (Å²) >= 11 is 0. The Labute approximate surface area is 160 Å². The zero-order valence-corrected chi connectivity index (χ0v) is 15.5. The second-order valence-electron chi connectivity index (χ2n) is 7.16. The monoisotopic (exact) mass is 383 g/mol. The molecule has 1 amide bonds. The predicted octanol–water partition coefficient (Wildman–Crippen LogP) is 3.78. The standard InChI is InChI=1S/C21H19F2N3O2/c1-12-16(5-6-17(22)19(12)23)21(20(27)25-28)8-7-14(10-21)13-3-4-15-11-24-26(2)18(15)9-13/h3-6,9-11,28H,7-8H2,1-2H3,(H,25,27)/t21-/m0/s1. The van der Waals surface area contributed by atoms with E-state index in [9.17, 15) is 18.8 Å². The molecule has 0 saturated heterocycles. The van der Waals surface area contributed by atoms with Gasteiger partial charge in [-0.1, -0.05) is 24.3 Å². The molecule has 1 aromatic heterocycles. The van der Waals surface area contributed by atoms with Crippen molar-refractivity contribution < 1.29 is 18.8 Å². The van der Waals surface area contributed by atoms with Crippen molar-refractivity contribution >= 4 is 22.4 Å². The minimum absolute atomic E-state index is 0.0585. The molecule has 28 heavy (non-hydrogen) atoms. The average molecular weight is 383 g/mol. The van der Waals surface area contributed by atoms with Crippen LogP contribution in [0, 0.1) is 18.6 Å². The van der Waals surface area contributed by atoms with Gasteiger partial charge in [0.1, 0.15) is 0 Å². The molecular formula is C21H19F2N3O2. The quantitative estimate of drug-likeness (QED) is 0.534. The molecule has 2 aromatic carbocycles. The van der Waals surface area contributed by atoms with E-state index in [1.807, 2.05) is 25.2 Å². The fourth-order valence-corrected chi connectivity index (χ4v) is 4.09. The number of allylic oxidation sites excluding steroid dienone is 1. The van der Waals surface area contributed by atoms with E-state index in [4.69, 9.17) is 0 Å². The number of amides is 1. The second kappa shape index (κ2) is 6.53. The van der Waals surface area contributed by atoms with Crippen LogP contribution in [-0.2, 0) is 17.3 Å². The Bertz CT molecular complexity index is 1140. The van der Waals surface area contributed by atoms with Gasteiger partial charge in [0.05, 0.1) is 17.1 Å². The Morgan fingerprint density at radius 2 is 2.07 bits per heavy atom. The minimum Gasteiger partial charge on any atom is -0.289 e. The van der Waals surface area contributed by atoms with Crippen LogP contribution in [0.15, 0.2) is 42.6 Å². The van der Waals surface area contributed by atoms with E-state index in [-0.39, 0.29) is 5.56 Å². The summed E-state index contributed by atoms with van der Waals surface area (Å²) in [5.41, 5.74) is 3.60. The number of aryl methyl sites for hydroxylation is 1. The fraction of sp³-hybridized carbons (Fsp3) is 0.238. The Balaban J connectivity index is 1.87. The summed E-state index contributed by atoms with van der Waals surface area (Å²) in [6.45, 7) is 1.44. The lowest BCUT2D eigenvalue weighted by atomic mass is 9.77. The topological polar surface area (TPSA) is 67.2 Å². The number of halogens is 2. The van der Waals surface area contributed by atoms with Gasteiger partial charge in [-0.3, -0.25) is 14.7 Å². The Morgan fingerprint density at radius 3 is 2.82 bits per heavy atom.